The monoisotopic (exact) mass is 576 g/mol. The molecule has 5 N–H and O–H groups in total. The van der Waals surface area contributed by atoms with Gasteiger partial charge in [-0.05, 0) is 37.8 Å². The van der Waals surface area contributed by atoms with Gasteiger partial charge in [-0.25, -0.2) is 4.79 Å². The fraction of sp³-hybridized carbons (Fsp3) is 0.533. The molecule has 7 atom stereocenters. The van der Waals surface area contributed by atoms with Crippen LogP contribution in [-0.4, -0.2) is 75.1 Å². The first kappa shape index (κ1) is 33.8. The molecule has 1 aliphatic rings. The number of hydrogen-bond donors (Lipinski definition) is 4. The number of amides is 2. The summed E-state index contributed by atoms with van der Waals surface area (Å²) in [6.45, 7) is 7.29. The van der Waals surface area contributed by atoms with Gasteiger partial charge in [-0.2, -0.15) is 0 Å². The predicted molar refractivity (Wildman–Crippen MR) is 155 cm³/mol. The highest BCUT2D eigenvalue weighted by Gasteiger charge is 2.33. The molecular formula is C30H44N2O9. The Balaban J connectivity index is 2.71. The summed E-state index contributed by atoms with van der Waals surface area (Å²) in [5, 5.41) is 24.2. The summed E-state index contributed by atoms with van der Waals surface area (Å²) in [6, 6.07) is 2.68. The van der Waals surface area contributed by atoms with Crippen LogP contribution in [-0.2, 0) is 28.5 Å². The fourth-order valence-electron chi connectivity index (χ4n) is 5.24. The molecule has 0 fully saturated rings. The topological polar surface area (TPSA) is 159 Å². The van der Waals surface area contributed by atoms with Gasteiger partial charge in [-0.15, -0.1) is 0 Å². The molecule has 2 bridgehead atoms. The number of nitrogens with two attached hydrogens (primary N) is 1. The van der Waals surface area contributed by atoms with Gasteiger partial charge in [0.15, 0.2) is 6.10 Å². The number of phenolic OH excluding ortho intramolecular Hbond substituents is 2. The molecular weight excluding hydrogens is 532 g/mol. The van der Waals surface area contributed by atoms with Gasteiger partial charge in [0.25, 0.3) is 5.91 Å². The number of allylic oxidation sites excluding steroid dienone is 2. The molecule has 0 aromatic heterocycles. The van der Waals surface area contributed by atoms with Crippen LogP contribution in [0.3, 0.4) is 0 Å². The number of aromatic hydroxyl groups is 2. The molecule has 0 aliphatic carbocycles. The number of anilines is 1. The van der Waals surface area contributed by atoms with Crippen LogP contribution in [0.15, 0.2) is 47.6 Å². The molecule has 228 valence electrons. The molecule has 0 saturated carbocycles. The predicted octanol–water partition coefficient (Wildman–Crippen LogP) is 4.36. The molecule has 2 rings (SSSR count). The molecule has 11 nitrogen and oxygen atoms in total. The zero-order valence-corrected chi connectivity index (χ0v) is 25.0. The second kappa shape index (κ2) is 15.6. The van der Waals surface area contributed by atoms with Crippen molar-refractivity contribution in [2.75, 3.05) is 33.8 Å². The van der Waals surface area contributed by atoms with Crippen molar-refractivity contribution in [2.24, 2.45) is 17.6 Å². The Labute approximate surface area is 241 Å². The second-order valence-corrected chi connectivity index (χ2v) is 10.3. The van der Waals surface area contributed by atoms with Crippen molar-refractivity contribution >= 4 is 17.7 Å². The average molecular weight is 577 g/mol. The zero-order chi connectivity index (χ0) is 30.9. The van der Waals surface area contributed by atoms with E-state index in [1.165, 1.54) is 26.4 Å². The van der Waals surface area contributed by atoms with E-state index >= 15 is 0 Å². The summed E-state index contributed by atoms with van der Waals surface area (Å²) in [6.07, 6.45) is 3.14. The van der Waals surface area contributed by atoms with E-state index in [9.17, 15) is 19.8 Å². The third-order valence-electron chi connectivity index (χ3n) is 7.31. The molecule has 1 aromatic carbocycles. The normalized spacial score (nSPS) is 31.7. The third-order valence-corrected chi connectivity index (χ3v) is 7.31. The number of hydrogen-bond acceptors (Lipinski definition) is 9. The molecule has 1 aromatic rings. The van der Waals surface area contributed by atoms with Crippen molar-refractivity contribution in [3.63, 3.8) is 0 Å². The van der Waals surface area contributed by atoms with Crippen LogP contribution < -0.4 is 11.1 Å². The molecule has 0 spiro atoms. The number of fused-ring (bicyclic) bond motifs is 2. The first-order chi connectivity index (χ1) is 19.4. The number of ether oxygens (including phenoxy) is 5. The van der Waals surface area contributed by atoms with E-state index < -0.39 is 42.5 Å². The summed E-state index contributed by atoms with van der Waals surface area (Å²) in [7, 11) is 6.15. The van der Waals surface area contributed by atoms with Gasteiger partial charge >= 0.3 is 6.09 Å². The molecule has 1 heterocycles. The van der Waals surface area contributed by atoms with E-state index in [-0.39, 0.29) is 29.0 Å². The highest BCUT2D eigenvalue weighted by Crippen LogP contribution is 2.41. The van der Waals surface area contributed by atoms with Crippen molar-refractivity contribution < 1.29 is 43.5 Å². The lowest BCUT2D eigenvalue weighted by Gasteiger charge is -2.33. The number of carbonyl (C=O) groups is 2. The Kier molecular flexibility index (Phi) is 12.8. The molecule has 0 unspecified atom stereocenters. The highest BCUT2D eigenvalue weighted by molar-refractivity contribution is 6.04. The largest absolute Gasteiger partial charge is 0.508 e. The van der Waals surface area contributed by atoms with Crippen molar-refractivity contribution in [3.05, 3.63) is 53.1 Å². The SMILES string of the molecule is CO[C@H]1[C@@H](OC)C[C@H](C)[C@@H](OC)c2cc(O)cc(c2O)NC(=O)/C(C)=C\C=C\[C@H](OC)[C@@H](OC(N)=O)/C(C)=C/[C@@H]1C. The van der Waals surface area contributed by atoms with Crippen molar-refractivity contribution in [2.45, 2.75) is 64.6 Å². The Morgan fingerprint density at radius 3 is 2.24 bits per heavy atom. The van der Waals surface area contributed by atoms with E-state index in [0.29, 0.717) is 23.1 Å². The van der Waals surface area contributed by atoms with Gasteiger partial charge in [0.1, 0.15) is 17.6 Å². The van der Waals surface area contributed by atoms with Crippen LogP contribution in [0, 0.1) is 11.8 Å². The van der Waals surface area contributed by atoms with Crippen LogP contribution in [0.4, 0.5) is 10.5 Å². The highest BCUT2D eigenvalue weighted by atomic mass is 16.6. The molecule has 1 aliphatic heterocycles. The van der Waals surface area contributed by atoms with Gasteiger partial charge in [0.05, 0.1) is 24.0 Å². The first-order valence-electron chi connectivity index (χ1n) is 13.4. The van der Waals surface area contributed by atoms with Crippen molar-refractivity contribution in [3.8, 4) is 11.5 Å². The molecule has 11 heteroatoms. The second-order valence-electron chi connectivity index (χ2n) is 10.3. The molecule has 0 saturated heterocycles. The Hall–Kier alpha value is -3.38. The van der Waals surface area contributed by atoms with Gasteiger partial charge in [-0.1, -0.05) is 38.2 Å². The molecule has 41 heavy (non-hydrogen) atoms. The Morgan fingerprint density at radius 2 is 1.68 bits per heavy atom. The first-order valence-corrected chi connectivity index (χ1v) is 13.4. The van der Waals surface area contributed by atoms with E-state index in [4.69, 9.17) is 29.4 Å². The van der Waals surface area contributed by atoms with Crippen LogP contribution in [0.2, 0.25) is 0 Å². The number of nitrogens with one attached hydrogen (secondary N) is 1. The zero-order valence-electron chi connectivity index (χ0n) is 25.0. The lowest BCUT2D eigenvalue weighted by Crippen LogP contribution is -2.38. The number of rotatable bonds is 5. The maximum atomic E-state index is 12.9. The standard InChI is InChI=1S/C30H44N2O9/c1-16-10-9-11-23(37-5)28(41-30(31)36)18(3)12-17(2)27(40-8)24(38-6)13-19(4)26(39-7)21-14-20(33)15-22(25(21)34)32-29(16)35/h9-12,14-15,17,19,23-24,26-28,33-34H,13H2,1-8H3,(H2,31,36)(H,32,35)/b11-9+,16-10-,18-12+/t17-,19-,23-,24-,26+,27+,28-/m0/s1. The minimum Gasteiger partial charge on any atom is -0.508 e. The minimum absolute atomic E-state index is 0.0325. The van der Waals surface area contributed by atoms with Crippen LogP contribution in [0.5, 0.6) is 11.5 Å². The maximum absolute atomic E-state index is 12.9. The number of phenols is 2. The summed E-state index contributed by atoms with van der Waals surface area (Å²) in [4.78, 5) is 24.7. The molecule has 0 radical (unpaired) electrons. The fourth-order valence-corrected chi connectivity index (χ4v) is 5.24. The van der Waals surface area contributed by atoms with E-state index in [2.05, 4.69) is 5.32 Å². The average Bonchev–Trinajstić information content (AvgIpc) is 2.91. The van der Waals surface area contributed by atoms with Crippen LogP contribution in [0.1, 0.15) is 45.8 Å². The Morgan fingerprint density at radius 1 is 1.00 bits per heavy atom. The lowest BCUT2D eigenvalue weighted by atomic mass is 9.86. The van der Waals surface area contributed by atoms with E-state index in [1.807, 2.05) is 19.9 Å². The van der Waals surface area contributed by atoms with Crippen LogP contribution >= 0.6 is 0 Å². The maximum Gasteiger partial charge on any atom is 0.405 e. The number of benzene rings is 1. The quantitative estimate of drug-likeness (QED) is 0.227. The minimum atomic E-state index is -0.961. The summed E-state index contributed by atoms with van der Waals surface area (Å²) in [5.74, 6) is -1.30. The summed E-state index contributed by atoms with van der Waals surface area (Å²) in [5.41, 5.74) is 6.71. The summed E-state index contributed by atoms with van der Waals surface area (Å²) >= 11 is 0. The Bertz CT molecular complexity index is 1150. The van der Waals surface area contributed by atoms with Gasteiger partial charge < -0.3 is 44.9 Å². The van der Waals surface area contributed by atoms with Gasteiger partial charge in [0.2, 0.25) is 0 Å². The smallest absolute Gasteiger partial charge is 0.405 e. The van der Waals surface area contributed by atoms with E-state index in [1.54, 1.807) is 46.3 Å². The lowest BCUT2D eigenvalue weighted by molar-refractivity contribution is -0.112. The number of carbonyl (C=O) groups excluding carboxylic acids is 2. The third kappa shape index (κ3) is 8.80. The number of primary amides is 1. The van der Waals surface area contributed by atoms with Crippen molar-refractivity contribution in [1.29, 1.82) is 0 Å². The van der Waals surface area contributed by atoms with Crippen LogP contribution in [0.25, 0.3) is 0 Å². The number of methoxy groups -OCH3 is 4. The van der Waals surface area contributed by atoms with E-state index in [0.717, 1.165) is 0 Å². The summed E-state index contributed by atoms with van der Waals surface area (Å²) < 4.78 is 28.6. The van der Waals surface area contributed by atoms with Gasteiger partial charge in [-0.3, -0.25) is 4.79 Å². The van der Waals surface area contributed by atoms with Gasteiger partial charge in [0, 0.05) is 51.6 Å². The molecule has 2 amide bonds. The van der Waals surface area contributed by atoms with Crippen molar-refractivity contribution in [1.82, 2.24) is 0 Å².